The molecule has 0 N–H and O–H groups in total. The highest BCUT2D eigenvalue weighted by atomic mass is 32.2. The van der Waals surface area contributed by atoms with Gasteiger partial charge in [0.15, 0.2) is 0 Å². The number of ether oxygens (including phenoxy) is 1. The predicted molar refractivity (Wildman–Crippen MR) is 79.9 cm³/mol. The van der Waals surface area contributed by atoms with Crippen LogP contribution in [0.1, 0.15) is 31.2 Å². The highest BCUT2D eigenvalue weighted by Gasteiger charge is 2.22. The van der Waals surface area contributed by atoms with Crippen molar-refractivity contribution in [3.05, 3.63) is 35.9 Å². The molecule has 2 rings (SSSR count). The molecule has 1 aromatic carbocycles. The molecule has 1 fully saturated rings. The monoisotopic (exact) mass is 297 g/mol. The van der Waals surface area contributed by atoms with Crippen LogP contribution in [0.5, 0.6) is 0 Å². The van der Waals surface area contributed by atoms with E-state index in [1.165, 1.54) is 0 Å². The van der Waals surface area contributed by atoms with Crippen molar-refractivity contribution >= 4 is 10.0 Å². The molecular weight excluding hydrogens is 274 g/mol. The van der Waals surface area contributed by atoms with Gasteiger partial charge in [-0.05, 0) is 18.4 Å². The van der Waals surface area contributed by atoms with Crippen molar-refractivity contribution in [1.29, 1.82) is 0 Å². The lowest BCUT2D eigenvalue weighted by atomic mass is 10.2. The van der Waals surface area contributed by atoms with E-state index in [0.29, 0.717) is 19.7 Å². The normalized spacial score (nSPS) is 17.8. The lowest BCUT2D eigenvalue weighted by Crippen LogP contribution is -2.35. The van der Waals surface area contributed by atoms with Gasteiger partial charge in [0.2, 0.25) is 10.0 Å². The molecule has 0 spiro atoms. The molecule has 0 unspecified atom stereocenters. The predicted octanol–water partition coefficient (Wildman–Crippen LogP) is 2.41. The van der Waals surface area contributed by atoms with E-state index in [0.717, 1.165) is 31.2 Å². The number of hydrogen-bond acceptors (Lipinski definition) is 3. The Morgan fingerprint density at radius 3 is 2.30 bits per heavy atom. The minimum absolute atomic E-state index is 0.0832. The van der Waals surface area contributed by atoms with Gasteiger partial charge in [-0.25, -0.2) is 12.7 Å². The molecule has 1 aromatic rings. The van der Waals surface area contributed by atoms with E-state index in [1.54, 1.807) is 4.31 Å². The number of sulfonamides is 1. The van der Waals surface area contributed by atoms with Crippen LogP contribution in [0.25, 0.3) is 0 Å². The fourth-order valence-corrected chi connectivity index (χ4v) is 3.78. The Morgan fingerprint density at radius 2 is 1.65 bits per heavy atom. The summed E-state index contributed by atoms with van der Waals surface area (Å²) in [6, 6.07) is 9.80. The summed E-state index contributed by atoms with van der Waals surface area (Å²) in [4.78, 5) is 0. The van der Waals surface area contributed by atoms with Gasteiger partial charge in [0.05, 0.1) is 19.0 Å². The van der Waals surface area contributed by atoms with Crippen molar-refractivity contribution < 1.29 is 13.2 Å². The van der Waals surface area contributed by atoms with Crippen LogP contribution in [-0.2, 0) is 21.4 Å². The zero-order valence-electron chi connectivity index (χ0n) is 11.8. The minimum atomic E-state index is -3.15. The van der Waals surface area contributed by atoms with Gasteiger partial charge in [-0.3, -0.25) is 0 Å². The third kappa shape index (κ3) is 4.89. The Labute approximate surface area is 121 Å². The fraction of sp³-hybridized carbons (Fsp3) is 0.600. The van der Waals surface area contributed by atoms with Crippen LogP contribution in [0.3, 0.4) is 0 Å². The van der Waals surface area contributed by atoms with Gasteiger partial charge in [-0.2, -0.15) is 0 Å². The highest BCUT2D eigenvalue weighted by Crippen LogP contribution is 2.13. The van der Waals surface area contributed by atoms with E-state index in [2.05, 4.69) is 0 Å². The van der Waals surface area contributed by atoms with Crippen LogP contribution in [0.15, 0.2) is 30.3 Å². The first-order valence-corrected chi connectivity index (χ1v) is 8.89. The molecule has 0 aliphatic carbocycles. The standard InChI is InChI=1S/C15H23NO3S/c17-20(18,16-10-6-1-2-7-11-16)13-12-19-14-15-8-4-3-5-9-15/h3-5,8-9H,1-2,6-7,10-14H2. The summed E-state index contributed by atoms with van der Waals surface area (Å²) < 4.78 is 31.5. The second kappa shape index (κ2) is 7.76. The fourth-order valence-electron chi connectivity index (χ4n) is 2.38. The zero-order chi connectivity index (χ0) is 14.3. The molecule has 1 aliphatic rings. The van der Waals surface area contributed by atoms with Crippen LogP contribution >= 0.6 is 0 Å². The van der Waals surface area contributed by atoms with E-state index >= 15 is 0 Å². The van der Waals surface area contributed by atoms with E-state index < -0.39 is 10.0 Å². The summed E-state index contributed by atoms with van der Waals surface area (Å²) >= 11 is 0. The zero-order valence-corrected chi connectivity index (χ0v) is 12.6. The third-order valence-electron chi connectivity index (χ3n) is 3.56. The molecule has 4 nitrogen and oxygen atoms in total. The van der Waals surface area contributed by atoms with Gasteiger partial charge < -0.3 is 4.74 Å². The van der Waals surface area contributed by atoms with Gasteiger partial charge >= 0.3 is 0 Å². The number of rotatable bonds is 6. The molecular formula is C15H23NO3S. The summed E-state index contributed by atoms with van der Waals surface area (Å²) in [5.74, 6) is 0.0832. The Hall–Kier alpha value is -0.910. The average molecular weight is 297 g/mol. The summed E-state index contributed by atoms with van der Waals surface area (Å²) in [7, 11) is -3.15. The summed E-state index contributed by atoms with van der Waals surface area (Å²) in [5.41, 5.74) is 1.07. The van der Waals surface area contributed by atoms with Crippen LogP contribution in [0, 0.1) is 0 Å². The molecule has 0 aromatic heterocycles. The van der Waals surface area contributed by atoms with E-state index in [-0.39, 0.29) is 12.4 Å². The van der Waals surface area contributed by atoms with E-state index in [9.17, 15) is 8.42 Å². The molecule has 0 amide bonds. The lowest BCUT2D eigenvalue weighted by molar-refractivity contribution is 0.134. The second-order valence-electron chi connectivity index (χ2n) is 5.17. The van der Waals surface area contributed by atoms with Crippen LogP contribution in [0.4, 0.5) is 0 Å². The minimum Gasteiger partial charge on any atom is -0.376 e. The molecule has 0 atom stereocenters. The van der Waals surface area contributed by atoms with Crippen LogP contribution < -0.4 is 0 Å². The van der Waals surface area contributed by atoms with Gasteiger partial charge in [0.25, 0.3) is 0 Å². The van der Waals surface area contributed by atoms with Crippen molar-refractivity contribution in [3.8, 4) is 0 Å². The lowest BCUT2D eigenvalue weighted by Gasteiger charge is -2.19. The van der Waals surface area contributed by atoms with Crippen molar-refractivity contribution in [2.24, 2.45) is 0 Å². The van der Waals surface area contributed by atoms with Gasteiger partial charge in [-0.1, -0.05) is 43.2 Å². The summed E-state index contributed by atoms with van der Waals surface area (Å²) in [6.45, 7) is 2.06. The maximum atomic E-state index is 12.2. The molecule has 1 heterocycles. The maximum Gasteiger partial charge on any atom is 0.216 e. The summed E-state index contributed by atoms with van der Waals surface area (Å²) in [6.07, 6.45) is 4.22. The number of nitrogens with zero attached hydrogens (tertiary/aromatic N) is 1. The SMILES string of the molecule is O=S(=O)(CCOCc1ccccc1)N1CCCCCC1. The molecule has 0 bridgehead atoms. The molecule has 1 saturated heterocycles. The topological polar surface area (TPSA) is 46.6 Å². The molecule has 0 saturated carbocycles. The maximum absolute atomic E-state index is 12.2. The first kappa shape index (κ1) is 15.5. The highest BCUT2D eigenvalue weighted by molar-refractivity contribution is 7.89. The largest absolute Gasteiger partial charge is 0.376 e. The van der Waals surface area contributed by atoms with Gasteiger partial charge in [-0.15, -0.1) is 0 Å². The Balaban J connectivity index is 1.74. The average Bonchev–Trinajstić information content (AvgIpc) is 2.74. The van der Waals surface area contributed by atoms with Crippen molar-refractivity contribution in [2.75, 3.05) is 25.4 Å². The number of benzene rings is 1. The third-order valence-corrected chi connectivity index (χ3v) is 5.39. The second-order valence-corrected chi connectivity index (χ2v) is 7.26. The van der Waals surface area contributed by atoms with Gasteiger partial charge in [0, 0.05) is 13.1 Å². The van der Waals surface area contributed by atoms with Gasteiger partial charge in [0.1, 0.15) is 0 Å². The molecule has 112 valence electrons. The van der Waals surface area contributed by atoms with Crippen LogP contribution in [-0.4, -0.2) is 38.2 Å². The van der Waals surface area contributed by atoms with E-state index in [1.807, 2.05) is 30.3 Å². The van der Waals surface area contributed by atoms with Crippen LogP contribution in [0.2, 0.25) is 0 Å². The Morgan fingerprint density at radius 1 is 1.00 bits per heavy atom. The molecule has 1 aliphatic heterocycles. The first-order valence-electron chi connectivity index (χ1n) is 7.28. The van der Waals surface area contributed by atoms with Crippen molar-refractivity contribution in [1.82, 2.24) is 4.31 Å². The summed E-state index contributed by atoms with van der Waals surface area (Å²) in [5, 5.41) is 0. The molecule has 5 heteroatoms. The van der Waals surface area contributed by atoms with Crippen molar-refractivity contribution in [2.45, 2.75) is 32.3 Å². The molecule has 0 radical (unpaired) electrons. The molecule has 20 heavy (non-hydrogen) atoms. The van der Waals surface area contributed by atoms with Crippen molar-refractivity contribution in [3.63, 3.8) is 0 Å². The first-order chi connectivity index (χ1) is 9.68. The smallest absolute Gasteiger partial charge is 0.216 e. The Kier molecular flexibility index (Phi) is 6.01. The van der Waals surface area contributed by atoms with E-state index in [4.69, 9.17) is 4.74 Å². The quantitative estimate of drug-likeness (QED) is 0.758. The number of hydrogen-bond donors (Lipinski definition) is 0. The Bertz CT molecular complexity index is 479.